The van der Waals surface area contributed by atoms with Crippen LogP contribution in [0.4, 0.5) is 17.3 Å². The molecule has 1 aliphatic rings. The third-order valence-corrected chi connectivity index (χ3v) is 3.98. The molecule has 0 unspecified atom stereocenters. The third-order valence-electron chi connectivity index (χ3n) is 3.98. The second-order valence-corrected chi connectivity index (χ2v) is 5.69. The fourth-order valence-electron chi connectivity index (χ4n) is 2.55. The molecule has 1 aromatic rings. The van der Waals surface area contributed by atoms with Crippen LogP contribution in [-0.2, 0) is 0 Å². The van der Waals surface area contributed by atoms with Gasteiger partial charge in [-0.15, -0.1) is 0 Å². The number of likely N-dealkylation sites (N-methyl/N-ethyl adjacent to an activating group) is 1. The van der Waals surface area contributed by atoms with Crippen molar-refractivity contribution in [2.45, 2.75) is 19.8 Å². The highest BCUT2D eigenvalue weighted by atomic mass is 16.6. The van der Waals surface area contributed by atoms with E-state index in [1.165, 1.54) is 6.33 Å². The van der Waals surface area contributed by atoms with Crippen molar-refractivity contribution in [3.05, 3.63) is 16.4 Å². The van der Waals surface area contributed by atoms with Crippen molar-refractivity contribution in [3.8, 4) is 0 Å². The molecule has 1 saturated heterocycles. The van der Waals surface area contributed by atoms with Gasteiger partial charge in [-0.2, -0.15) is 0 Å². The lowest BCUT2D eigenvalue weighted by Crippen LogP contribution is -2.45. The number of unbranched alkanes of at least 4 members (excludes halogenated alkanes) is 1. The Bertz CT molecular complexity index is 516. The van der Waals surface area contributed by atoms with Crippen LogP contribution in [0, 0.1) is 10.1 Å². The molecule has 0 radical (unpaired) electrons. The van der Waals surface area contributed by atoms with Crippen LogP contribution in [0.2, 0.25) is 0 Å². The number of rotatable bonds is 6. The van der Waals surface area contributed by atoms with Crippen molar-refractivity contribution in [1.82, 2.24) is 14.9 Å². The van der Waals surface area contributed by atoms with Crippen LogP contribution in [0.3, 0.4) is 0 Å². The predicted molar refractivity (Wildman–Crippen MR) is 86.6 cm³/mol. The lowest BCUT2D eigenvalue weighted by Gasteiger charge is -2.33. The Kier molecular flexibility index (Phi) is 5.48. The van der Waals surface area contributed by atoms with Crippen LogP contribution in [0.1, 0.15) is 19.8 Å². The Balaban J connectivity index is 2.31. The smallest absolute Gasteiger partial charge is 0.353 e. The lowest BCUT2D eigenvalue weighted by molar-refractivity contribution is -0.383. The quantitative estimate of drug-likeness (QED) is 0.580. The van der Waals surface area contributed by atoms with Gasteiger partial charge in [-0.25, -0.2) is 9.97 Å². The number of nitro groups is 1. The average molecular weight is 308 g/mol. The van der Waals surface area contributed by atoms with Gasteiger partial charge < -0.3 is 14.7 Å². The van der Waals surface area contributed by atoms with E-state index in [2.05, 4.69) is 28.8 Å². The summed E-state index contributed by atoms with van der Waals surface area (Å²) in [6, 6.07) is 0. The summed E-state index contributed by atoms with van der Waals surface area (Å²) < 4.78 is 0. The highest BCUT2D eigenvalue weighted by Crippen LogP contribution is 2.34. The zero-order valence-corrected chi connectivity index (χ0v) is 13.5. The normalized spacial score (nSPS) is 15.9. The highest BCUT2D eigenvalue weighted by molar-refractivity contribution is 5.71. The molecule has 0 amide bonds. The minimum Gasteiger partial charge on any atom is -0.354 e. The van der Waals surface area contributed by atoms with Crippen LogP contribution in [-0.4, -0.2) is 66.6 Å². The summed E-state index contributed by atoms with van der Waals surface area (Å²) in [5, 5.41) is 11.6. The molecule has 8 nitrogen and oxygen atoms in total. The summed E-state index contributed by atoms with van der Waals surface area (Å²) in [6.45, 7) is 6.08. The summed E-state index contributed by atoms with van der Waals surface area (Å²) >= 11 is 0. The molecular formula is C14H24N6O2. The van der Waals surface area contributed by atoms with Gasteiger partial charge in [-0.1, -0.05) is 13.3 Å². The van der Waals surface area contributed by atoms with Crippen molar-refractivity contribution in [3.63, 3.8) is 0 Å². The summed E-state index contributed by atoms with van der Waals surface area (Å²) in [5.41, 5.74) is 0.0191. The van der Waals surface area contributed by atoms with Gasteiger partial charge in [0.15, 0.2) is 0 Å². The van der Waals surface area contributed by atoms with Gasteiger partial charge in [0.25, 0.3) is 0 Å². The second kappa shape index (κ2) is 7.35. The van der Waals surface area contributed by atoms with E-state index >= 15 is 0 Å². The zero-order chi connectivity index (χ0) is 16.1. The molecule has 0 aromatic carbocycles. The van der Waals surface area contributed by atoms with Crippen molar-refractivity contribution in [1.29, 1.82) is 0 Å². The zero-order valence-electron chi connectivity index (χ0n) is 13.5. The number of hydrogen-bond acceptors (Lipinski definition) is 7. The van der Waals surface area contributed by atoms with Crippen molar-refractivity contribution >= 4 is 17.3 Å². The van der Waals surface area contributed by atoms with Crippen LogP contribution in [0.15, 0.2) is 6.33 Å². The highest BCUT2D eigenvalue weighted by Gasteiger charge is 2.30. The minimum absolute atomic E-state index is 0.0191. The van der Waals surface area contributed by atoms with E-state index in [0.717, 1.165) is 45.6 Å². The van der Waals surface area contributed by atoms with E-state index in [9.17, 15) is 10.1 Å². The van der Waals surface area contributed by atoms with Crippen LogP contribution >= 0.6 is 0 Å². The first-order valence-corrected chi connectivity index (χ1v) is 7.68. The molecule has 0 saturated carbocycles. The Morgan fingerprint density at radius 1 is 1.32 bits per heavy atom. The molecule has 1 aromatic heterocycles. The summed E-state index contributed by atoms with van der Waals surface area (Å²) in [5.74, 6) is 0.842. The fraction of sp³-hybridized carbons (Fsp3) is 0.714. The van der Waals surface area contributed by atoms with Crippen LogP contribution in [0.25, 0.3) is 0 Å². The van der Waals surface area contributed by atoms with E-state index < -0.39 is 0 Å². The third kappa shape index (κ3) is 3.62. The van der Waals surface area contributed by atoms with Crippen molar-refractivity contribution < 1.29 is 4.92 Å². The molecule has 8 heteroatoms. The Morgan fingerprint density at radius 3 is 2.59 bits per heavy atom. The molecule has 2 heterocycles. The van der Waals surface area contributed by atoms with Gasteiger partial charge >= 0.3 is 5.69 Å². The number of hydrogen-bond donors (Lipinski definition) is 0. The predicted octanol–water partition coefficient (Wildman–Crippen LogP) is 1.37. The summed E-state index contributed by atoms with van der Waals surface area (Å²) in [6.07, 6.45) is 3.44. The Morgan fingerprint density at radius 2 is 2.00 bits per heavy atom. The first kappa shape index (κ1) is 16.4. The molecule has 0 bridgehead atoms. The van der Waals surface area contributed by atoms with Crippen molar-refractivity contribution in [2.24, 2.45) is 0 Å². The molecule has 2 rings (SSSR count). The van der Waals surface area contributed by atoms with E-state index in [1.807, 2.05) is 16.8 Å². The number of piperazine rings is 1. The Hall–Kier alpha value is -1.96. The van der Waals surface area contributed by atoms with E-state index in [1.54, 1.807) is 0 Å². The monoisotopic (exact) mass is 308 g/mol. The van der Waals surface area contributed by atoms with E-state index in [4.69, 9.17) is 0 Å². The van der Waals surface area contributed by atoms with Crippen molar-refractivity contribution in [2.75, 3.05) is 56.6 Å². The Labute approximate surface area is 130 Å². The number of anilines is 2. The molecule has 0 N–H and O–H groups in total. The van der Waals surface area contributed by atoms with E-state index in [0.29, 0.717) is 11.6 Å². The average Bonchev–Trinajstić information content (AvgIpc) is 2.52. The lowest BCUT2D eigenvalue weighted by atomic mass is 10.3. The minimum atomic E-state index is -0.356. The molecule has 1 fully saturated rings. The summed E-state index contributed by atoms with van der Waals surface area (Å²) in [4.78, 5) is 25.6. The second-order valence-electron chi connectivity index (χ2n) is 5.69. The molecule has 22 heavy (non-hydrogen) atoms. The molecule has 122 valence electrons. The van der Waals surface area contributed by atoms with Gasteiger partial charge in [-0.3, -0.25) is 10.1 Å². The van der Waals surface area contributed by atoms with Gasteiger partial charge in [0.2, 0.25) is 11.6 Å². The molecular weight excluding hydrogens is 284 g/mol. The van der Waals surface area contributed by atoms with Gasteiger partial charge in [0.1, 0.15) is 6.33 Å². The van der Waals surface area contributed by atoms with Gasteiger partial charge in [0, 0.05) is 39.8 Å². The van der Waals surface area contributed by atoms with Crippen LogP contribution in [0.5, 0.6) is 0 Å². The maximum Gasteiger partial charge on any atom is 0.353 e. The first-order chi connectivity index (χ1) is 10.5. The molecule has 0 spiro atoms. The maximum atomic E-state index is 11.6. The molecule has 0 aliphatic carbocycles. The maximum absolute atomic E-state index is 11.6. The first-order valence-electron chi connectivity index (χ1n) is 7.68. The molecule has 1 aliphatic heterocycles. The van der Waals surface area contributed by atoms with Gasteiger partial charge in [-0.05, 0) is 13.5 Å². The standard InChI is InChI=1S/C14H24N6O2/c1-4-5-6-18(3)13-12(20(21)22)14(16-11-15-13)19-9-7-17(2)8-10-19/h11H,4-10H2,1-3H3. The number of aromatic nitrogens is 2. The number of nitrogens with zero attached hydrogens (tertiary/aromatic N) is 6. The molecule has 0 atom stereocenters. The fourth-order valence-corrected chi connectivity index (χ4v) is 2.55. The summed E-state index contributed by atoms with van der Waals surface area (Å²) in [7, 11) is 3.90. The topological polar surface area (TPSA) is 78.6 Å². The largest absolute Gasteiger partial charge is 0.354 e. The van der Waals surface area contributed by atoms with E-state index in [-0.39, 0.29) is 10.6 Å². The SMILES string of the molecule is CCCCN(C)c1ncnc(N2CCN(C)CC2)c1[N+](=O)[O-]. The van der Waals surface area contributed by atoms with Crippen LogP contribution < -0.4 is 9.80 Å². The van der Waals surface area contributed by atoms with Gasteiger partial charge in [0.05, 0.1) is 4.92 Å².